The quantitative estimate of drug-likeness (QED) is 0.463. The van der Waals surface area contributed by atoms with Gasteiger partial charge in [0.15, 0.2) is 0 Å². The SMILES string of the molecule is Cc1cc(Cl)c(CC(=O)Nc2ccc(Oc3cccc(Cl)c3)c(S(N)(=O)=O)c2)c(Cl)c1. The highest BCUT2D eigenvalue weighted by atomic mass is 35.5. The van der Waals surface area contributed by atoms with Gasteiger partial charge in [0, 0.05) is 20.8 Å². The average molecular weight is 500 g/mol. The number of carbonyl (C=O) groups excluding carboxylic acids is 1. The molecule has 3 aromatic carbocycles. The first-order valence-electron chi connectivity index (χ1n) is 8.87. The second-order valence-electron chi connectivity index (χ2n) is 6.70. The zero-order valence-corrected chi connectivity index (χ0v) is 19.2. The summed E-state index contributed by atoms with van der Waals surface area (Å²) in [6.07, 6.45) is -0.0938. The summed E-state index contributed by atoms with van der Waals surface area (Å²) in [6.45, 7) is 1.84. The van der Waals surface area contributed by atoms with Crippen molar-refractivity contribution in [1.29, 1.82) is 0 Å². The van der Waals surface area contributed by atoms with E-state index in [1.165, 1.54) is 24.3 Å². The topological polar surface area (TPSA) is 98.5 Å². The van der Waals surface area contributed by atoms with E-state index in [2.05, 4.69) is 5.32 Å². The number of amides is 1. The molecule has 162 valence electrons. The molecule has 3 aromatic rings. The van der Waals surface area contributed by atoms with Gasteiger partial charge in [-0.2, -0.15) is 0 Å². The van der Waals surface area contributed by atoms with Crippen molar-refractivity contribution in [3.05, 3.63) is 80.8 Å². The number of hydrogen-bond acceptors (Lipinski definition) is 4. The first-order chi connectivity index (χ1) is 14.5. The second-order valence-corrected chi connectivity index (χ2v) is 9.48. The van der Waals surface area contributed by atoms with Crippen molar-refractivity contribution in [3.8, 4) is 11.5 Å². The molecule has 0 aromatic heterocycles. The van der Waals surface area contributed by atoms with E-state index in [9.17, 15) is 13.2 Å². The number of ether oxygens (including phenoxy) is 1. The predicted octanol–water partition coefficient (Wildman–Crippen LogP) is 5.58. The van der Waals surface area contributed by atoms with Crippen LogP contribution in [0.2, 0.25) is 15.1 Å². The molecule has 6 nitrogen and oxygen atoms in total. The normalized spacial score (nSPS) is 11.3. The van der Waals surface area contributed by atoms with Crippen LogP contribution in [0.15, 0.2) is 59.5 Å². The van der Waals surface area contributed by atoms with E-state index in [0.717, 1.165) is 5.56 Å². The van der Waals surface area contributed by atoms with Crippen LogP contribution in [-0.4, -0.2) is 14.3 Å². The van der Waals surface area contributed by atoms with Gasteiger partial charge >= 0.3 is 0 Å². The van der Waals surface area contributed by atoms with Gasteiger partial charge in [0.1, 0.15) is 16.4 Å². The number of aryl methyl sites for hydroxylation is 1. The Morgan fingerprint density at radius 2 is 1.71 bits per heavy atom. The molecule has 0 heterocycles. The third-order valence-corrected chi connectivity index (χ3v) is 6.02. The molecule has 0 aliphatic heterocycles. The summed E-state index contributed by atoms with van der Waals surface area (Å²) < 4.78 is 29.8. The molecule has 31 heavy (non-hydrogen) atoms. The number of benzene rings is 3. The fraction of sp³-hybridized carbons (Fsp3) is 0.0952. The largest absolute Gasteiger partial charge is 0.456 e. The van der Waals surface area contributed by atoms with Crippen LogP contribution >= 0.6 is 34.8 Å². The Morgan fingerprint density at radius 1 is 1.03 bits per heavy atom. The standard InChI is InChI=1S/C21H17Cl3N2O4S/c1-12-7-17(23)16(18(24)8-12)11-21(27)26-14-5-6-19(20(10-14)31(25,28)29)30-15-4-2-3-13(22)9-15/h2-10H,11H2,1H3,(H,26,27)(H2,25,28,29). The molecule has 1 amide bonds. The molecule has 10 heteroatoms. The summed E-state index contributed by atoms with van der Waals surface area (Å²) in [6, 6.07) is 14.0. The molecule has 3 N–H and O–H groups in total. The summed E-state index contributed by atoms with van der Waals surface area (Å²) in [7, 11) is -4.15. The van der Waals surface area contributed by atoms with E-state index >= 15 is 0 Å². The lowest BCUT2D eigenvalue weighted by Gasteiger charge is -2.13. The second kappa shape index (κ2) is 9.46. The zero-order chi connectivity index (χ0) is 22.8. The number of nitrogens with two attached hydrogens (primary N) is 1. The highest BCUT2D eigenvalue weighted by molar-refractivity contribution is 7.89. The number of halogens is 3. The summed E-state index contributed by atoms with van der Waals surface area (Å²) in [5.41, 5.74) is 1.55. The lowest BCUT2D eigenvalue weighted by molar-refractivity contribution is -0.115. The molecular formula is C21H17Cl3N2O4S. The Bertz CT molecular complexity index is 1240. The lowest BCUT2D eigenvalue weighted by atomic mass is 10.1. The molecular weight excluding hydrogens is 483 g/mol. The number of primary sulfonamides is 1. The van der Waals surface area contributed by atoms with E-state index < -0.39 is 15.9 Å². The molecule has 0 spiro atoms. The van der Waals surface area contributed by atoms with Gasteiger partial charge in [-0.25, -0.2) is 13.6 Å². The van der Waals surface area contributed by atoms with Crippen molar-refractivity contribution in [2.75, 3.05) is 5.32 Å². The van der Waals surface area contributed by atoms with Crippen LogP contribution in [0.1, 0.15) is 11.1 Å². The molecule has 0 fully saturated rings. The first-order valence-corrected chi connectivity index (χ1v) is 11.6. The molecule has 0 saturated heterocycles. The minimum atomic E-state index is -4.15. The van der Waals surface area contributed by atoms with E-state index in [1.54, 1.807) is 30.3 Å². The van der Waals surface area contributed by atoms with Gasteiger partial charge in [0.05, 0.1) is 6.42 Å². The number of anilines is 1. The van der Waals surface area contributed by atoms with Crippen molar-refractivity contribution in [3.63, 3.8) is 0 Å². The lowest BCUT2D eigenvalue weighted by Crippen LogP contribution is -2.17. The number of carbonyl (C=O) groups is 1. The van der Waals surface area contributed by atoms with E-state index in [-0.39, 0.29) is 22.8 Å². The van der Waals surface area contributed by atoms with Crippen molar-refractivity contribution in [1.82, 2.24) is 0 Å². The van der Waals surface area contributed by atoms with Gasteiger partial charge < -0.3 is 10.1 Å². The van der Waals surface area contributed by atoms with Gasteiger partial charge in [0.2, 0.25) is 15.9 Å². The first kappa shape index (κ1) is 23.4. The Kier molecular flexibility index (Phi) is 7.13. The van der Waals surface area contributed by atoms with Gasteiger partial charge in [0.25, 0.3) is 0 Å². The maximum Gasteiger partial charge on any atom is 0.241 e. The number of hydrogen-bond donors (Lipinski definition) is 2. The number of nitrogens with one attached hydrogen (secondary N) is 1. The molecule has 0 bridgehead atoms. The van der Waals surface area contributed by atoms with Crippen LogP contribution in [0.4, 0.5) is 5.69 Å². The van der Waals surface area contributed by atoms with Crippen LogP contribution in [0.3, 0.4) is 0 Å². The highest BCUT2D eigenvalue weighted by Gasteiger charge is 2.19. The molecule has 0 radical (unpaired) electrons. The van der Waals surface area contributed by atoms with Crippen molar-refractivity contribution in [2.45, 2.75) is 18.2 Å². The Balaban J connectivity index is 1.85. The maximum absolute atomic E-state index is 12.5. The predicted molar refractivity (Wildman–Crippen MR) is 123 cm³/mol. The summed E-state index contributed by atoms with van der Waals surface area (Å²) in [4.78, 5) is 12.2. The maximum atomic E-state index is 12.5. The molecule has 0 saturated carbocycles. The molecule has 0 aliphatic rings. The summed E-state index contributed by atoms with van der Waals surface area (Å²) >= 11 is 18.3. The smallest absolute Gasteiger partial charge is 0.241 e. The van der Waals surface area contributed by atoms with E-state index in [0.29, 0.717) is 26.4 Å². The van der Waals surface area contributed by atoms with Gasteiger partial charge in [-0.05, 0) is 66.6 Å². The van der Waals surface area contributed by atoms with Gasteiger partial charge in [-0.1, -0.05) is 40.9 Å². The van der Waals surface area contributed by atoms with Crippen LogP contribution in [0.5, 0.6) is 11.5 Å². The molecule has 0 unspecified atom stereocenters. The van der Waals surface area contributed by atoms with Crippen molar-refractivity contribution >= 4 is 56.4 Å². The Morgan fingerprint density at radius 3 is 2.32 bits per heavy atom. The van der Waals surface area contributed by atoms with E-state index in [4.69, 9.17) is 44.7 Å². The third-order valence-electron chi connectivity index (χ3n) is 4.18. The van der Waals surface area contributed by atoms with Crippen LogP contribution in [0.25, 0.3) is 0 Å². The minimum Gasteiger partial charge on any atom is -0.456 e. The third kappa shape index (κ3) is 6.12. The van der Waals surface area contributed by atoms with Crippen LogP contribution < -0.4 is 15.2 Å². The Labute approximate surface area is 194 Å². The zero-order valence-electron chi connectivity index (χ0n) is 16.2. The van der Waals surface area contributed by atoms with Crippen LogP contribution in [0, 0.1) is 6.92 Å². The molecule has 0 atom stereocenters. The fourth-order valence-corrected chi connectivity index (χ4v) is 4.41. The summed E-state index contributed by atoms with van der Waals surface area (Å²) in [5, 5.41) is 9.12. The highest BCUT2D eigenvalue weighted by Crippen LogP contribution is 2.32. The van der Waals surface area contributed by atoms with Crippen molar-refractivity contribution < 1.29 is 17.9 Å². The van der Waals surface area contributed by atoms with E-state index in [1.807, 2.05) is 6.92 Å². The Hall–Kier alpha value is -2.29. The van der Waals surface area contributed by atoms with Gasteiger partial charge in [-0.3, -0.25) is 4.79 Å². The van der Waals surface area contributed by atoms with Crippen LogP contribution in [-0.2, 0) is 21.2 Å². The van der Waals surface area contributed by atoms with Gasteiger partial charge in [-0.15, -0.1) is 0 Å². The number of rotatable bonds is 6. The number of sulfonamides is 1. The molecule has 3 rings (SSSR count). The molecule has 0 aliphatic carbocycles. The average Bonchev–Trinajstić information content (AvgIpc) is 2.65. The minimum absolute atomic E-state index is 0.00705. The van der Waals surface area contributed by atoms with Crippen molar-refractivity contribution in [2.24, 2.45) is 5.14 Å². The summed E-state index contributed by atoms with van der Waals surface area (Å²) in [5.74, 6) is -0.109. The monoisotopic (exact) mass is 498 g/mol. The fourth-order valence-electron chi connectivity index (χ4n) is 2.81.